The topological polar surface area (TPSA) is 16.1 Å². The van der Waals surface area contributed by atoms with Crippen molar-refractivity contribution in [2.24, 2.45) is 5.92 Å². The summed E-state index contributed by atoms with van der Waals surface area (Å²) in [6, 6.07) is 6.14. The fourth-order valence-electron chi connectivity index (χ4n) is 2.24. The first-order valence-corrected chi connectivity index (χ1v) is 6.92. The Hall–Kier alpha value is -1.23. The van der Waals surface area contributed by atoms with Crippen LogP contribution >= 0.6 is 11.3 Å². The summed E-state index contributed by atoms with van der Waals surface area (Å²) in [5.41, 5.74) is 2.25. The summed E-state index contributed by atoms with van der Waals surface area (Å²) in [4.78, 5) is 6.54. The minimum absolute atomic E-state index is 0.430. The summed E-state index contributed by atoms with van der Waals surface area (Å²) in [7, 11) is 0. The molecule has 1 aliphatic heterocycles. The van der Waals surface area contributed by atoms with Crippen LogP contribution in [0.3, 0.4) is 0 Å². The maximum absolute atomic E-state index is 12.4. The fourth-order valence-corrected chi connectivity index (χ4v) is 3.27. The number of thiazole rings is 1. The average molecular weight is 268 g/mol. The zero-order valence-electron chi connectivity index (χ0n) is 10.1. The van der Waals surface area contributed by atoms with Crippen LogP contribution < -0.4 is 4.90 Å². The molecule has 1 saturated heterocycles. The number of aryl methyl sites for hydroxylation is 1. The predicted molar refractivity (Wildman–Crippen MR) is 70.7 cm³/mol. The Morgan fingerprint density at radius 1 is 1.44 bits per heavy atom. The Bertz CT molecular complexity index is 561. The van der Waals surface area contributed by atoms with Gasteiger partial charge < -0.3 is 4.90 Å². The summed E-state index contributed by atoms with van der Waals surface area (Å²) in [5, 5.41) is 0.878. The van der Waals surface area contributed by atoms with Crippen molar-refractivity contribution in [2.75, 3.05) is 18.0 Å². The molecule has 0 saturated carbocycles. The highest BCUT2D eigenvalue weighted by Gasteiger charge is 2.35. The maximum Gasteiger partial charge on any atom is 0.244 e. The Morgan fingerprint density at radius 3 is 2.89 bits per heavy atom. The molecule has 0 amide bonds. The molecule has 0 bridgehead atoms. The van der Waals surface area contributed by atoms with E-state index in [0.29, 0.717) is 13.1 Å². The molecular weight excluding hydrogens is 254 g/mol. The van der Waals surface area contributed by atoms with E-state index in [-0.39, 0.29) is 0 Å². The third kappa shape index (κ3) is 1.86. The van der Waals surface area contributed by atoms with E-state index in [0.717, 1.165) is 21.8 Å². The maximum atomic E-state index is 12.4. The summed E-state index contributed by atoms with van der Waals surface area (Å²) in [5.74, 6) is -0.484. The predicted octanol–water partition coefficient (Wildman–Crippen LogP) is 3.56. The quantitative estimate of drug-likeness (QED) is 0.846. The number of fused-ring (bicyclic) bond motifs is 1. The number of benzene rings is 1. The summed E-state index contributed by atoms with van der Waals surface area (Å²) in [6.45, 7) is 2.96. The van der Waals surface area contributed by atoms with Gasteiger partial charge in [0.05, 0.1) is 16.1 Å². The molecule has 0 radical (unpaired) electrons. The lowest BCUT2D eigenvalue weighted by Gasteiger charge is -2.38. The van der Waals surface area contributed by atoms with E-state index in [4.69, 9.17) is 0 Å². The van der Waals surface area contributed by atoms with Crippen LogP contribution in [0.1, 0.15) is 12.5 Å². The van der Waals surface area contributed by atoms with Crippen molar-refractivity contribution in [2.45, 2.75) is 19.8 Å². The fraction of sp³-hybridized carbons (Fsp3) is 0.462. The molecule has 0 spiro atoms. The number of hydrogen-bond acceptors (Lipinski definition) is 3. The highest BCUT2D eigenvalue weighted by Crippen LogP contribution is 2.35. The van der Waals surface area contributed by atoms with Crippen LogP contribution in [-0.2, 0) is 6.42 Å². The highest BCUT2D eigenvalue weighted by molar-refractivity contribution is 7.22. The largest absolute Gasteiger partial charge is 0.347 e. The first kappa shape index (κ1) is 11.8. The van der Waals surface area contributed by atoms with Crippen molar-refractivity contribution in [3.63, 3.8) is 0 Å². The molecule has 2 aromatic rings. The van der Waals surface area contributed by atoms with Gasteiger partial charge in [0.1, 0.15) is 0 Å². The molecule has 2 heterocycles. The first-order chi connectivity index (χ1) is 8.69. The molecule has 0 unspecified atom stereocenters. The van der Waals surface area contributed by atoms with Crippen molar-refractivity contribution >= 4 is 26.7 Å². The van der Waals surface area contributed by atoms with Gasteiger partial charge in [0.15, 0.2) is 5.13 Å². The van der Waals surface area contributed by atoms with Gasteiger partial charge in [0.25, 0.3) is 0 Å². The van der Waals surface area contributed by atoms with E-state index in [2.05, 4.69) is 18.0 Å². The molecule has 2 nitrogen and oxygen atoms in total. The van der Waals surface area contributed by atoms with Gasteiger partial charge in [-0.3, -0.25) is 0 Å². The van der Waals surface area contributed by atoms with E-state index in [1.54, 1.807) is 11.3 Å². The van der Waals surface area contributed by atoms with Crippen LogP contribution in [0, 0.1) is 5.92 Å². The number of aromatic nitrogens is 1. The van der Waals surface area contributed by atoms with Crippen LogP contribution in [0.2, 0.25) is 0 Å². The summed E-state index contributed by atoms with van der Waals surface area (Å²) in [6.07, 6.45) is -1.26. The minimum Gasteiger partial charge on any atom is -0.347 e. The summed E-state index contributed by atoms with van der Waals surface area (Å²) < 4.78 is 26.0. The Balaban J connectivity index is 1.87. The Labute approximate surface area is 108 Å². The number of alkyl halides is 2. The number of nitrogens with zero attached hydrogens (tertiary/aromatic N) is 2. The smallest absolute Gasteiger partial charge is 0.244 e. The van der Waals surface area contributed by atoms with Gasteiger partial charge >= 0.3 is 0 Å². The van der Waals surface area contributed by atoms with Gasteiger partial charge in [0, 0.05) is 13.1 Å². The van der Waals surface area contributed by atoms with Crippen molar-refractivity contribution in [3.05, 3.63) is 23.8 Å². The van der Waals surface area contributed by atoms with Gasteiger partial charge in [0.2, 0.25) is 6.43 Å². The molecule has 18 heavy (non-hydrogen) atoms. The third-order valence-electron chi connectivity index (χ3n) is 3.41. The van der Waals surface area contributed by atoms with Crippen LogP contribution in [0.5, 0.6) is 0 Å². The van der Waals surface area contributed by atoms with Gasteiger partial charge in [-0.15, -0.1) is 0 Å². The minimum atomic E-state index is -2.21. The van der Waals surface area contributed by atoms with Crippen molar-refractivity contribution in [1.29, 1.82) is 0 Å². The lowest BCUT2D eigenvalue weighted by atomic mass is 10.0. The van der Waals surface area contributed by atoms with E-state index >= 15 is 0 Å². The molecule has 5 heteroatoms. The molecule has 96 valence electrons. The van der Waals surface area contributed by atoms with E-state index < -0.39 is 12.3 Å². The second kappa shape index (κ2) is 4.46. The third-order valence-corrected chi connectivity index (χ3v) is 4.49. The number of halogens is 2. The molecule has 3 rings (SSSR count). The number of para-hydroxylation sites is 1. The second-order valence-corrected chi connectivity index (χ2v) is 5.62. The van der Waals surface area contributed by atoms with E-state index in [9.17, 15) is 8.78 Å². The lowest BCUT2D eigenvalue weighted by molar-refractivity contribution is 0.0614. The summed E-state index contributed by atoms with van der Waals surface area (Å²) >= 11 is 1.59. The van der Waals surface area contributed by atoms with E-state index in [1.165, 1.54) is 5.56 Å². The standard InChI is InChI=1S/C13H14F2N2S/c1-2-8-4-3-5-10-11(8)16-13(18-10)17-6-9(7-17)12(14)15/h3-5,9,12H,2,6-7H2,1H3. The van der Waals surface area contributed by atoms with Gasteiger partial charge in [-0.25, -0.2) is 13.8 Å². The second-order valence-electron chi connectivity index (χ2n) is 4.61. The van der Waals surface area contributed by atoms with Crippen molar-refractivity contribution in [3.8, 4) is 0 Å². The van der Waals surface area contributed by atoms with Crippen LogP contribution in [-0.4, -0.2) is 24.5 Å². The molecule has 0 atom stereocenters. The Morgan fingerprint density at radius 2 is 2.22 bits per heavy atom. The molecule has 0 N–H and O–H groups in total. The van der Waals surface area contributed by atoms with Crippen molar-refractivity contribution < 1.29 is 8.78 Å². The number of hydrogen-bond donors (Lipinski definition) is 0. The van der Waals surface area contributed by atoms with Gasteiger partial charge in [-0.1, -0.05) is 30.4 Å². The van der Waals surface area contributed by atoms with Crippen molar-refractivity contribution in [1.82, 2.24) is 4.98 Å². The van der Waals surface area contributed by atoms with Crippen LogP contribution in [0.25, 0.3) is 10.2 Å². The molecule has 1 aromatic carbocycles. The molecular formula is C13H14F2N2S. The monoisotopic (exact) mass is 268 g/mol. The zero-order valence-corrected chi connectivity index (χ0v) is 10.9. The SMILES string of the molecule is CCc1cccc2sc(N3CC(C(F)F)C3)nc12. The first-order valence-electron chi connectivity index (χ1n) is 6.10. The Kier molecular flexibility index (Phi) is 2.93. The normalized spacial score (nSPS) is 16.6. The molecule has 1 fully saturated rings. The van der Waals surface area contributed by atoms with Gasteiger partial charge in [-0.2, -0.15) is 0 Å². The highest BCUT2D eigenvalue weighted by atomic mass is 32.1. The molecule has 1 aromatic heterocycles. The molecule has 1 aliphatic rings. The lowest BCUT2D eigenvalue weighted by Crippen LogP contribution is -2.50. The zero-order chi connectivity index (χ0) is 12.7. The van der Waals surface area contributed by atoms with Crippen LogP contribution in [0.4, 0.5) is 13.9 Å². The van der Waals surface area contributed by atoms with Crippen LogP contribution in [0.15, 0.2) is 18.2 Å². The number of rotatable bonds is 3. The van der Waals surface area contributed by atoms with Gasteiger partial charge in [-0.05, 0) is 18.1 Å². The van der Waals surface area contributed by atoms with E-state index in [1.807, 2.05) is 17.0 Å². The number of anilines is 1. The molecule has 0 aliphatic carbocycles. The average Bonchev–Trinajstić information content (AvgIpc) is 2.69.